The Bertz CT molecular complexity index is 1150. The lowest BCUT2D eigenvalue weighted by Crippen LogP contribution is -1.97. The highest BCUT2D eigenvalue weighted by Gasteiger charge is 2.07. The molecule has 140 valence electrons. The molecule has 0 aliphatic carbocycles. The van der Waals surface area contributed by atoms with Gasteiger partial charge in [0.05, 0.1) is 10.5 Å². The molecule has 0 spiro atoms. The van der Waals surface area contributed by atoms with Crippen LogP contribution < -0.4 is 10.1 Å². The van der Waals surface area contributed by atoms with Gasteiger partial charge in [-0.25, -0.2) is 4.39 Å². The Morgan fingerprint density at radius 3 is 2.75 bits per heavy atom. The standard InChI is InChI=1S/C22H15BrClFN2O/c23-15-4-6-18-20(8-9-26-21(18)11-15)27-17-5-7-22(19(24)12-17)28-13-14-2-1-3-16(25)10-14/h1-12H,13H2,(H,26,27). The van der Waals surface area contributed by atoms with E-state index in [1.165, 1.54) is 12.1 Å². The van der Waals surface area contributed by atoms with Gasteiger partial charge < -0.3 is 10.1 Å². The van der Waals surface area contributed by atoms with Crippen molar-refractivity contribution in [1.29, 1.82) is 0 Å². The summed E-state index contributed by atoms with van der Waals surface area (Å²) < 4.78 is 20.0. The van der Waals surface area contributed by atoms with E-state index in [-0.39, 0.29) is 12.4 Å². The minimum atomic E-state index is -0.289. The number of hydrogen-bond acceptors (Lipinski definition) is 3. The van der Waals surface area contributed by atoms with E-state index in [1.54, 1.807) is 30.5 Å². The Morgan fingerprint density at radius 1 is 1.04 bits per heavy atom. The molecule has 0 radical (unpaired) electrons. The summed E-state index contributed by atoms with van der Waals surface area (Å²) in [4.78, 5) is 4.39. The average molecular weight is 458 g/mol. The number of pyridine rings is 1. The molecular formula is C22H15BrClFN2O. The van der Waals surface area contributed by atoms with Crippen molar-refractivity contribution < 1.29 is 9.13 Å². The first kappa shape index (κ1) is 18.7. The van der Waals surface area contributed by atoms with Crippen molar-refractivity contribution in [2.24, 2.45) is 0 Å². The molecule has 6 heteroatoms. The summed E-state index contributed by atoms with van der Waals surface area (Å²) in [5, 5.41) is 4.85. The number of rotatable bonds is 5. The van der Waals surface area contributed by atoms with Gasteiger partial charge in [-0.15, -0.1) is 0 Å². The second-order valence-electron chi connectivity index (χ2n) is 6.21. The van der Waals surface area contributed by atoms with Crippen LogP contribution in [0.2, 0.25) is 5.02 Å². The number of anilines is 2. The normalized spacial score (nSPS) is 10.8. The molecule has 0 saturated carbocycles. The number of ether oxygens (including phenoxy) is 1. The van der Waals surface area contributed by atoms with Crippen molar-refractivity contribution >= 4 is 49.8 Å². The van der Waals surface area contributed by atoms with E-state index in [0.29, 0.717) is 10.8 Å². The molecule has 1 N–H and O–H groups in total. The lowest BCUT2D eigenvalue weighted by molar-refractivity contribution is 0.306. The second-order valence-corrected chi connectivity index (χ2v) is 7.53. The van der Waals surface area contributed by atoms with Crippen LogP contribution in [0.4, 0.5) is 15.8 Å². The smallest absolute Gasteiger partial charge is 0.138 e. The molecule has 0 bridgehead atoms. The predicted octanol–water partition coefficient (Wildman–Crippen LogP) is 7.11. The lowest BCUT2D eigenvalue weighted by atomic mass is 10.2. The molecule has 3 nitrogen and oxygen atoms in total. The van der Waals surface area contributed by atoms with Gasteiger partial charge in [0.1, 0.15) is 18.2 Å². The number of halogens is 3. The minimum absolute atomic E-state index is 0.244. The highest BCUT2D eigenvalue weighted by atomic mass is 79.9. The van der Waals surface area contributed by atoms with Crippen molar-refractivity contribution in [3.05, 3.63) is 93.8 Å². The molecule has 0 aliphatic heterocycles. The summed E-state index contributed by atoms with van der Waals surface area (Å²) in [6.07, 6.45) is 1.76. The van der Waals surface area contributed by atoms with Crippen LogP contribution in [-0.2, 0) is 6.61 Å². The molecule has 0 amide bonds. The Labute approximate surface area is 175 Å². The zero-order valence-electron chi connectivity index (χ0n) is 14.6. The maximum absolute atomic E-state index is 13.3. The summed E-state index contributed by atoms with van der Waals surface area (Å²) in [5.74, 6) is 0.253. The average Bonchev–Trinajstić information content (AvgIpc) is 2.67. The van der Waals surface area contributed by atoms with Crippen LogP contribution in [0, 0.1) is 5.82 Å². The molecule has 0 fully saturated rings. The molecule has 1 heterocycles. The first-order chi connectivity index (χ1) is 13.6. The maximum atomic E-state index is 13.3. The van der Waals surface area contributed by atoms with Gasteiger partial charge >= 0.3 is 0 Å². The Morgan fingerprint density at radius 2 is 1.93 bits per heavy atom. The zero-order valence-corrected chi connectivity index (χ0v) is 17.0. The Hall–Kier alpha value is -2.63. The van der Waals surface area contributed by atoms with Crippen molar-refractivity contribution in [3.8, 4) is 5.75 Å². The summed E-state index contributed by atoms with van der Waals surface area (Å²) in [5.41, 5.74) is 3.40. The van der Waals surface area contributed by atoms with Crippen LogP contribution in [0.15, 0.2) is 77.4 Å². The third-order valence-corrected chi connectivity index (χ3v) is 4.99. The van der Waals surface area contributed by atoms with E-state index in [0.717, 1.165) is 32.3 Å². The fourth-order valence-corrected chi connectivity index (χ4v) is 3.45. The van der Waals surface area contributed by atoms with Crippen molar-refractivity contribution in [2.45, 2.75) is 6.61 Å². The highest BCUT2D eigenvalue weighted by molar-refractivity contribution is 9.10. The lowest BCUT2D eigenvalue weighted by Gasteiger charge is -2.12. The number of fused-ring (bicyclic) bond motifs is 1. The van der Waals surface area contributed by atoms with Gasteiger partial charge in [-0.2, -0.15) is 0 Å². The third-order valence-electron chi connectivity index (χ3n) is 4.20. The Balaban J connectivity index is 1.52. The van der Waals surface area contributed by atoms with Crippen LogP contribution >= 0.6 is 27.5 Å². The largest absolute Gasteiger partial charge is 0.487 e. The minimum Gasteiger partial charge on any atom is -0.487 e. The molecule has 0 aliphatic rings. The molecule has 4 aromatic rings. The van der Waals surface area contributed by atoms with Crippen LogP contribution in [-0.4, -0.2) is 4.98 Å². The van der Waals surface area contributed by atoms with E-state index >= 15 is 0 Å². The van der Waals surface area contributed by atoms with Gasteiger partial charge in [0.15, 0.2) is 0 Å². The quantitative estimate of drug-likeness (QED) is 0.347. The first-order valence-corrected chi connectivity index (χ1v) is 9.74. The van der Waals surface area contributed by atoms with Gasteiger partial charge in [-0.05, 0) is 60.2 Å². The molecule has 0 saturated heterocycles. The summed E-state index contributed by atoms with van der Waals surface area (Å²) in [7, 11) is 0. The van der Waals surface area contributed by atoms with Gasteiger partial charge in [0, 0.05) is 27.4 Å². The van der Waals surface area contributed by atoms with Crippen molar-refractivity contribution in [3.63, 3.8) is 0 Å². The molecule has 3 aromatic carbocycles. The number of benzene rings is 3. The van der Waals surface area contributed by atoms with E-state index in [4.69, 9.17) is 16.3 Å². The number of aromatic nitrogens is 1. The SMILES string of the molecule is Fc1cccc(COc2ccc(Nc3ccnc4cc(Br)ccc34)cc2Cl)c1. The van der Waals surface area contributed by atoms with Crippen LogP contribution in [0.1, 0.15) is 5.56 Å². The van der Waals surface area contributed by atoms with Gasteiger partial charge in [-0.1, -0.05) is 39.7 Å². The van der Waals surface area contributed by atoms with E-state index in [9.17, 15) is 4.39 Å². The molecule has 28 heavy (non-hydrogen) atoms. The van der Waals surface area contributed by atoms with Gasteiger partial charge in [0.25, 0.3) is 0 Å². The van der Waals surface area contributed by atoms with Crippen LogP contribution in [0.25, 0.3) is 10.9 Å². The molecule has 0 unspecified atom stereocenters. The zero-order chi connectivity index (χ0) is 19.5. The Kier molecular flexibility index (Phi) is 5.46. The number of nitrogens with zero attached hydrogens (tertiary/aromatic N) is 1. The maximum Gasteiger partial charge on any atom is 0.138 e. The molecule has 1 aromatic heterocycles. The van der Waals surface area contributed by atoms with E-state index in [2.05, 4.69) is 26.2 Å². The van der Waals surface area contributed by atoms with Crippen LogP contribution in [0.5, 0.6) is 5.75 Å². The number of hydrogen-bond donors (Lipinski definition) is 1. The van der Waals surface area contributed by atoms with Gasteiger partial charge in [-0.3, -0.25) is 4.98 Å². The number of nitrogens with one attached hydrogen (secondary N) is 1. The molecule has 0 atom stereocenters. The second kappa shape index (κ2) is 8.17. The predicted molar refractivity (Wildman–Crippen MR) is 115 cm³/mol. The topological polar surface area (TPSA) is 34.1 Å². The van der Waals surface area contributed by atoms with E-state index < -0.39 is 0 Å². The fourth-order valence-electron chi connectivity index (χ4n) is 2.87. The van der Waals surface area contributed by atoms with Crippen molar-refractivity contribution in [2.75, 3.05) is 5.32 Å². The molecular weight excluding hydrogens is 443 g/mol. The fraction of sp³-hybridized carbons (Fsp3) is 0.0455. The summed E-state index contributed by atoms with van der Waals surface area (Å²) in [6, 6.07) is 19.7. The van der Waals surface area contributed by atoms with Gasteiger partial charge in [0.2, 0.25) is 0 Å². The summed E-state index contributed by atoms with van der Waals surface area (Å²) >= 11 is 9.84. The van der Waals surface area contributed by atoms with E-state index in [1.807, 2.05) is 30.3 Å². The third kappa shape index (κ3) is 4.26. The molecule has 4 rings (SSSR count). The summed E-state index contributed by atoms with van der Waals surface area (Å²) in [6.45, 7) is 0.244. The van der Waals surface area contributed by atoms with Crippen LogP contribution in [0.3, 0.4) is 0 Å². The van der Waals surface area contributed by atoms with Crippen molar-refractivity contribution in [1.82, 2.24) is 4.98 Å². The first-order valence-electron chi connectivity index (χ1n) is 8.56. The monoisotopic (exact) mass is 456 g/mol. The highest BCUT2D eigenvalue weighted by Crippen LogP contribution is 2.32.